The Balaban J connectivity index is 2.63. The van der Waals surface area contributed by atoms with E-state index >= 15 is 0 Å². The van der Waals surface area contributed by atoms with Crippen LogP contribution in [0.25, 0.3) is 0 Å². The van der Waals surface area contributed by atoms with E-state index in [0.29, 0.717) is 5.92 Å². The second-order valence-corrected chi connectivity index (χ2v) is 6.09. The smallest absolute Gasteiger partial charge is 0.239 e. The van der Waals surface area contributed by atoms with Crippen LogP contribution in [0.1, 0.15) is 41.0 Å². The molecule has 2 atom stereocenters. The number of nitrogens with two attached hydrogens (primary N) is 1. The van der Waals surface area contributed by atoms with Crippen LogP contribution in [0, 0.1) is 17.3 Å². The van der Waals surface area contributed by atoms with E-state index in [1.165, 1.54) is 0 Å². The number of hydrogen-bond donors (Lipinski definition) is 1. The summed E-state index contributed by atoms with van der Waals surface area (Å²) in [5, 5.41) is 0. The van der Waals surface area contributed by atoms with E-state index in [9.17, 15) is 4.79 Å². The van der Waals surface area contributed by atoms with Crippen molar-refractivity contribution < 1.29 is 4.79 Å². The van der Waals surface area contributed by atoms with Gasteiger partial charge in [-0.3, -0.25) is 4.79 Å². The fourth-order valence-corrected chi connectivity index (χ4v) is 2.14. The largest absolute Gasteiger partial charge is 0.341 e. The van der Waals surface area contributed by atoms with E-state index in [4.69, 9.17) is 5.73 Å². The molecular weight excluding hydrogens is 200 g/mol. The summed E-state index contributed by atoms with van der Waals surface area (Å²) in [6.07, 6.45) is 1.10. The minimum atomic E-state index is -0.338. The zero-order valence-electron chi connectivity index (χ0n) is 11.3. The van der Waals surface area contributed by atoms with Crippen molar-refractivity contribution in [3.8, 4) is 0 Å². The number of carbonyl (C=O) groups is 1. The summed E-state index contributed by atoms with van der Waals surface area (Å²) in [4.78, 5) is 14.0. The summed E-state index contributed by atoms with van der Waals surface area (Å²) in [6, 6.07) is -0.338. The van der Waals surface area contributed by atoms with Crippen LogP contribution >= 0.6 is 0 Å². The predicted molar refractivity (Wildman–Crippen MR) is 67.0 cm³/mol. The third kappa shape index (κ3) is 2.57. The highest BCUT2D eigenvalue weighted by molar-refractivity contribution is 5.82. The molecule has 0 spiro atoms. The molecule has 0 bridgehead atoms. The number of carbonyl (C=O) groups excluding carboxylic acids is 1. The zero-order valence-corrected chi connectivity index (χ0v) is 11.3. The van der Waals surface area contributed by atoms with Gasteiger partial charge in [-0.2, -0.15) is 0 Å². The van der Waals surface area contributed by atoms with E-state index in [-0.39, 0.29) is 23.3 Å². The Morgan fingerprint density at radius 3 is 2.25 bits per heavy atom. The Labute approximate surface area is 99.4 Å². The fourth-order valence-electron chi connectivity index (χ4n) is 2.14. The van der Waals surface area contributed by atoms with Gasteiger partial charge in [0, 0.05) is 13.1 Å². The van der Waals surface area contributed by atoms with E-state index < -0.39 is 0 Å². The van der Waals surface area contributed by atoms with Crippen molar-refractivity contribution >= 4 is 5.91 Å². The van der Waals surface area contributed by atoms with Crippen molar-refractivity contribution in [3.63, 3.8) is 0 Å². The zero-order chi connectivity index (χ0) is 12.5. The minimum absolute atomic E-state index is 0.124. The van der Waals surface area contributed by atoms with Crippen molar-refractivity contribution in [2.75, 3.05) is 13.1 Å². The molecule has 0 aromatic rings. The van der Waals surface area contributed by atoms with Crippen molar-refractivity contribution in [3.05, 3.63) is 0 Å². The summed E-state index contributed by atoms with van der Waals surface area (Å²) < 4.78 is 0. The quantitative estimate of drug-likeness (QED) is 0.798. The van der Waals surface area contributed by atoms with E-state index in [1.54, 1.807) is 0 Å². The fraction of sp³-hybridized carbons (Fsp3) is 0.923. The Morgan fingerprint density at radius 1 is 1.31 bits per heavy atom. The van der Waals surface area contributed by atoms with Gasteiger partial charge in [0.15, 0.2) is 0 Å². The SMILES string of the molecule is CC(C)[C@@H](N)C(=O)N1CC[C@](C)(C(C)C)C1. The van der Waals surface area contributed by atoms with Crippen molar-refractivity contribution in [2.24, 2.45) is 23.0 Å². The van der Waals surface area contributed by atoms with Crippen LogP contribution in [0.4, 0.5) is 0 Å². The van der Waals surface area contributed by atoms with E-state index in [0.717, 1.165) is 19.5 Å². The molecule has 1 heterocycles. The molecular formula is C13H26N2O. The first-order chi connectivity index (χ1) is 7.28. The molecule has 1 amide bonds. The lowest BCUT2D eigenvalue weighted by atomic mass is 9.78. The molecule has 3 heteroatoms. The summed E-state index contributed by atoms with van der Waals surface area (Å²) in [7, 11) is 0. The monoisotopic (exact) mass is 226 g/mol. The van der Waals surface area contributed by atoms with Gasteiger partial charge in [-0.15, -0.1) is 0 Å². The molecule has 16 heavy (non-hydrogen) atoms. The Kier molecular flexibility index (Phi) is 4.00. The standard InChI is InChI=1S/C13H26N2O/c1-9(2)11(14)12(16)15-7-6-13(5,8-15)10(3)4/h9-11H,6-8,14H2,1-5H3/t11-,13+/m1/s1. The van der Waals surface area contributed by atoms with E-state index in [2.05, 4.69) is 20.8 Å². The van der Waals surface area contributed by atoms with Crippen LogP contribution in [-0.2, 0) is 4.79 Å². The first-order valence-corrected chi connectivity index (χ1v) is 6.32. The minimum Gasteiger partial charge on any atom is -0.341 e. The van der Waals surface area contributed by atoms with Gasteiger partial charge in [0.2, 0.25) is 5.91 Å². The third-order valence-corrected chi connectivity index (χ3v) is 4.21. The van der Waals surface area contributed by atoms with Crippen molar-refractivity contribution in [1.82, 2.24) is 4.90 Å². The molecule has 94 valence electrons. The highest BCUT2D eigenvalue weighted by Gasteiger charge is 2.39. The lowest BCUT2D eigenvalue weighted by Crippen LogP contribution is -2.46. The molecule has 1 saturated heterocycles. The summed E-state index contributed by atoms with van der Waals surface area (Å²) in [6.45, 7) is 12.5. The number of nitrogens with zero attached hydrogens (tertiary/aromatic N) is 1. The van der Waals surface area contributed by atoms with Gasteiger partial charge in [0.25, 0.3) is 0 Å². The van der Waals surface area contributed by atoms with Gasteiger partial charge in [-0.05, 0) is 23.7 Å². The topological polar surface area (TPSA) is 46.3 Å². The molecule has 1 fully saturated rings. The maximum atomic E-state index is 12.1. The molecule has 1 rings (SSSR count). The Morgan fingerprint density at radius 2 is 1.88 bits per heavy atom. The number of amides is 1. The number of likely N-dealkylation sites (tertiary alicyclic amines) is 1. The maximum Gasteiger partial charge on any atom is 0.239 e. The molecule has 0 aliphatic carbocycles. The van der Waals surface area contributed by atoms with Crippen LogP contribution in [0.5, 0.6) is 0 Å². The van der Waals surface area contributed by atoms with Gasteiger partial charge in [-0.1, -0.05) is 34.6 Å². The van der Waals surface area contributed by atoms with Gasteiger partial charge >= 0.3 is 0 Å². The lowest BCUT2D eigenvalue weighted by molar-refractivity contribution is -0.133. The van der Waals surface area contributed by atoms with Crippen LogP contribution in [0.2, 0.25) is 0 Å². The van der Waals surface area contributed by atoms with E-state index in [1.807, 2.05) is 18.7 Å². The molecule has 0 aromatic heterocycles. The molecule has 1 aliphatic rings. The van der Waals surface area contributed by atoms with Gasteiger partial charge in [0.1, 0.15) is 0 Å². The highest BCUT2D eigenvalue weighted by atomic mass is 16.2. The Hall–Kier alpha value is -0.570. The summed E-state index contributed by atoms with van der Waals surface area (Å²) >= 11 is 0. The average Bonchev–Trinajstić information content (AvgIpc) is 2.60. The Bertz CT molecular complexity index is 263. The maximum absolute atomic E-state index is 12.1. The number of rotatable bonds is 3. The number of hydrogen-bond acceptors (Lipinski definition) is 2. The molecule has 0 saturated carbocycles. The summed E-state index contributed by atoms with van der Waals surface area (Å²) in [5.74, 6) is 0.957. The second-order valence-electron chi connectivity index (χ2n) is 6.09. The van der Waals surface area contributed by atoms with Gasteiger partial charge in [0.05, 0.1) is 6.04 Å². The van der Waals surface area contributed by atoms with Crippen molar-refractivity contribution in [2.45, 2.75) is 47.1 Å². The molecule has 0 radical (unpaired) electrons. The highest BCUT2D eigenvalue weighted by Crippen LogP contribution is 2.37. The van der Waals surface area contributed by atoms with Crippen molar-refractivity contribution in [1.29, 1.82) is 0 Å². The van der Waals surface area contributed by atoms with Gasteiger partial charge < -0.3 is 10.6 Å². The predicted octanol–water partition coefficient (Wildman–Crippen LogP) is 1.86. The van der Waals surface area contributed by atoms with Crippen LogP contribution in [-0.4, -0.2) is 29.9 Å². The lowest BCUT2D eigenvalue weighted by Gasteiger charge is -2.30. The normalized spacial score (nSPS) is 27.9. The van der Waals surface area contributed by atoms with Crippen LogP contribution in [0.3, 0.4) is 0 Å². The second kappa shape index (κ2) is 4.74. The molecule has 0 aromatic carbocycles. The molecule has 1 aliphatic heterocycles. The van der Waals surface area contributed by atoms with Crippen LogP contribution < -0.4 is 5.73 Å². The first-order valence-electron chi connectivity index (χ1n) is 6.32. The average molecular weight is 226 g/mol. The summed E-state index contributed by atoms with van der Waals surface area (Å²) in [5.41, 5.74) is 6.18. The van der Waals surface area contributed by atoms with Gasteiger partial charge in [-0.25, -0.2) is 0 Å². The molecule has 3 nitrogen and oxygen atoms in total. The third-order valence-electron chi connectivity index (χ3n) is 4.21. The van der Waals surface area contributed by atoms with Crippen LogP contribution in [0.15, 0.2) is 0 Å². The molecule has 0 unspecified atom stereocenters. The molecule has 2 N–H and O–H groups in total. The first kappa shape index (κ1) is 13.5.